The number of aryl methyl sites for hydroxylation is 2. The monoisotopic (exact) mass is 534 g/mol. The largest absolute Gasteiger partial charge is 0.385 e. The van der Waals surface area contributed by atoms with Crippen LogP contribution >= 0.6 is 0 Å². The third-order valence-electron chi connectivity index (χ3n) is 7.03. The molecule has 1 N–H and O–H groups in total. The van der Waals surface area contributed by atoms with Crippen molar-refractivity contribution in [2.24, 2.45) is 0 Å². The van der Waals surface area contributed by atoms with E-state index in [2.05, 4.69) is 21.4 Å². The molecule has 2 aromatic rings. The number of carbonyl (C=O) groups excluding carboxylic acids is 3. The molecule has 0 spiro atoms. The number of pyridine rings is 2. The third kappa shape index (κ3) is 6.96. The van der Waals surface area contributed by atoms with Crippen LogP contribution in [0.2, 0.25) is 0 Å². The number of aldehydes is 1. The number of urea groups is 1. The van der Waals surface area contributed by atoms with E-state index in [-0.39, 0.29) is 24.2 Å². The van der Waals surface area contributed by atoms with E-state index in [9.17, 15) is 19.6 Å². The zero-order chi connectivity index (χ0) is 27.8. The molecule has 11 heteroatoms. The summed E-state index contributed by atoms with van der Waals surface area (Å²) in [5.74, 6) is 0.654. The van der Waals surface area contributed by atoms with Gasteiger partial charge in [0.15, 0.2) is 6.29 Å². The van der Waals surface area contributed by atoms with Gasteiger partial charge in [-0.3, -0.25) is 19.8 Å². The molecule has 2 aliphatic heterocycles. The van der Waals surface area contributed by atoms with E-state index in [1.807, 2.05) is 6.07 Å². The van der Waals surface area contributed by atoms with Crippen LogP contribution in [0.25, 0.3) is 0 Å². The number of ether oxygens (including phenoxy) is 2. The summed E-state index contributed by atoms with van der Waals surface area (Å²) >= 11 is 0. The van der Waals surface area contributed by atoms with Crippen LogP contribution in [0.15, 0.2) is 18.3 Å². The number of nitriles is 1. The Morgan fingerprint density at radius 2 is 2.18 bits per heavy atom. The summed E-state index contributed by atoms with van der Waals surface area (Å²) in [6.07, 6.45) is 6.76. The summed E-state index contributed by atoms with van der Waals surface area (Å²) in [6.45, 7) is 3.90. The molecular formula is C28H34N6O5. The van der Waals surface area contributed by atoms with Crippen LogP contribution in [0.5, 0.6) is 0 Å². The van der Waals surface area contributed by atoms with Crippen LogP contribution in [-0.2, 0) is 33.7 Å². The van der Waals surface area contributed by atoms with Crippen molar-refractivity contribution in [3.05, 3.63) is 46.3 Å². The molecule has 4 heterocycles. The number of rotatable bonds is 10. The van der Waals surface area contributed by atoms with E-state index < -0.39 is 6.03 Å². The van der Waals surface area contributed by atoms with E-state index in [0.717, 1.165) is 36.8 Å². The van der Waals surface area contributed by atoms with Crippen molar-refractivity contribution in [1.29, 1.82) is 5.26 Å². The lowest BCUT2D eigenvalue weighted by Gasteiger charge is -2.30. The van der Waals surface area contributed by atoms with Gasteiger partial charge < -0.3 is 14.4 Å². The molecule has 0 radical (unpaired) electrons. The number of hydrogen-bond donors (Lipinski definition) is 1. The minimum absolute atomic E-state index is 0.00492. The standard InChI is InChI=1S/C28H34N6O5/c1-19(36)33(17-24-8-5-11-39-24)16-22-12-21-6-3-9-34(27(21)31-25(22)18-35)28(37)32-26-13-20(7-4-10-38-2)23(14-29)15-30-26/h12-13,15,18,24H,3-11,16-17H2,1-2H3,(H,30,32,37)/t24-/m1/s1. The Kier molecular flexibility index (Phi) is 9.57. The summed E-state index contributed by atoms with van der Waals surface area (Å²) in [4.78, 5) is 49.7. The van der Waals surface area contributed by atoms with E-state index in [1.165, 1.54) is 18.0 Å². The van der Waals surface area contributed by atoms with Gasteiger partial charge in [-0.05, 0) is 61.8 Å². The van der Waals surface area contributed by atoms with Crippen molar-refractivity contribution in [1.82, 2.24) is 14.9 Å². The van der Waals surface area contributed by atoms with Gasteiger partial charge in [0.05, 0.1) is 11.7 Å². The normalized spacial score (nSPS) is 16.3. The van der Waals surface area contributed by atoms with E-state index in [4.69, 9.17) is 9.47 Å². The minimum Gasteiger partial charge on any atom is -0.385 e. The molecule has 0 bridgehead atoms. The predicted molar refractivity (Wildman–Crippen MR) is 144 cm³/mol. The number of carbonyl (C=O) groups is 3. The number of methoxy groups -OCH3 is 1. The van der Waals surface area contributed by atoms with Crippen molar-refractivity contribution in [2.75, 3.05) is 43.6 Å². The molecule has 11 nitrogen and oxygen atoms in total. The third-order valence-corrected chi connectivity index (χ3v) is 7.03. The Bertz CT molecular complexity index is 1250. The summed E-state index contributed by atoms with van der Waals surface area (Å²) in [5, 5.41) is 12.2. The quantitative estimate of drug-likeness (QED) is 0.362. The van der Waals surface area contributed by atoms with Gasteiger partial charge in [0.2, 0.25) is 5.91 Å². The number of hydrogen-bond acceptors (Lipinski definition) is 8. The molecule has 2 aliphatic rings. The van der Waals surface area contributed by atoms with Crippen LogP contribution in [-0.4, -0.2) is 72.6 Å². The lowest BCUT2D eigenvalue weighted by atomic mass is 10.0. The first-order chi connectivity index (χ1) is 18.9. The lowest BCUT2D eigenvalue weighted by molar-refractivity contribution is -0.131. The number of amides is 3. The molecule has 206 valence electrons. The van der Waals surface area contributed by atoms with Crippen molar-refractivity contribution in [3.63, 3.8) is 0 Å². The van der Waals surface area contributed by atoms with E-state index in [0.29, 0.717) is 68.2 Å². The van der Waals surface area contributed by atoms with E-state index >= 15 is 0 Å². The van der Waals surface area contributed by atoms with Crippen molar-refractivity contribution >= 4 is 29.9 Å². The van der Waals surface area contributed by atoms with Crippen LogP contribution < -0.4 is 10.2 Å². The molecule has 1 atom stereocenters. The van der Waals surface area contributed by atoms with Gasteiger partial charge in [0, 0.05) is 58.6 Å². The van der Waals surface area contributed by atoms with Gasteiger partial charge in [0.1, 0.15) is 23.4 Å². The van der Waals surface area contributed by atoms with Crippen LogP contribution in [0, 0.1) is 11.3 Å². The number of anilines is 2. The molecule has 1 fully saturated rings. The summed E-state index contributed by atoms with van der Waals surface area (Å²) < 4.78 is 10.8. The molecule has 0 aliphatic carbocycles. The summed E-state index contributed by atoms with van der Waals surface area (Å²) in [6, 6.07) is 5.30. The van der Waals surface area contributed by atoms with Crippen LogP contribution in [0.3, 0.4) is 0 Å². The average molecular weight is 535 g/mol. The average Bonchev–Trinajstić information content (AvgIpc) is 3.45. The molecule has 0 aromatic carbocycles. The summed E-state index contributed by atoms with van der Waals surface area (Å²) in [7, 11) is 1.62. The maximum Gasteiger partial charge on any atom is 0.328 e. The summed E-state index contributed by atoms with van der Waals surface area (Å²) in [5.41, 5.74) is 2.92. The Morgan fingerprint density at radius 3 is 2.87 bits per heavy atom. The molecule has 39 heavy (non-hydrogen) atoms. The molecule has 2 aromatic heterocycles. The highest BCUT2D eigenvalue weighted by Gasteiger charge is 2.28. The fourth-order valence-electron chi connectivity index (χ4n) is 4.99. The second kappa shape index (κ2) is 13.3. The number of nitrogens with zero attached hydrogens (tertiary/aromatic N) is 5. The number of nitrogens with one attached hydrogen (secondary N) is 1. The second-order valence-corrected chi connectivity index (χ2v) is 9.79. The number of aromatic nitrogens is 2. The SMILES string of the molecule is COCCCc1cc(NC(=O)N2CCCc3cc(CN(C[C@H]4CCCO4)C(C)=O)c(C=O)nc32)ncc1C#N. The predicted octanol–water partition coefficient (Wildman–Crippen LogP) is 3.25. The molecular weight excluding hydrogens is 500 g/mol. The van der Waals surface area contributed by atoms with Crippen molar-refractivity contribution in [3.8, 4) is 6.07 Å². The van der Waals surface area contributed by atoms with Gasteiger partial charge in [-0.2, -0.15) is 5.26 Å². The molecule has 3 amide bonds. The first kappa shape index (κ1) is 28.1. The Labute approximate surface area is 228 Å². The fraction of sp³-hybridized carbons (Fsp3) is 0.500. The minimum atomic E-state index is -0.420. The number of fused-ring (bicyclic) bond motifs is 1. The Hall–Kier alpha value is -3.88. The van der Waals surface area contributed by atoms with Gasteiger partial charge >= 0.3 is 6.03 Å². The smallest absolute Gasteiger partial charge is 0.328 e. The zero-order valence-corrected chi connectivity index (χ0v) is 22.4. The van der Waals surface area contributed by atoms with E-state index in [1.54, 1.807) is 18.1 Å². The van der Waals surface area contributed by atoms with Gasteiger partial charge in [-0.15, -0.1) is 0 Å². The second-order valence-electron chi connectivity index (χ2n) is 9.79. The molecule has 0 saturated carbocycles. The highest BCUT2D eigenvalue weighted by Crippen LogP contribution is 2.29. The van der Waals surface area contributed by atoms with Gasteiger partial charge in [-0.1, -0.05) is 0 Å². The Balaban J connectivity index is 1.53. The molecule has 4 rings (SSSR count). The fourth-order valence-corrected chi connectivity index (χ4v) is 4.99. The topological polar surface area (TPSA) is 138 Å². The zero-order valence-electron chi connectivity index (χ0n) is 22.4. The maximum atomic E-state index is 13.3. The van der Waals surface area contributed by atoms with Crippen LogP contribution in [0.4, 0.5) is 16.4 Å². The molecule has 1 saturated heterocycles. The lowest BCUT2D eigenvalue weighted by Crippen LogP contribution is -2.40. The van der Waals surface area contributed by atoms with Crippen molar-refractivity contribution in [2.45, 2.75) is 58.1 Å². The first-order valence-corrected chi connectivity index (χ1v) is 13.2. The van der Waals surface area contributed by atoms with Crippen LogP contribution in [0.1, 0.15) is 65.3 Å². The highest BCUT2D eigenvalue weighted by molar-refractivity contribution is 6.01. The first-order valence-electron chi connectivity index (χ1n) is 13.2. The Morgan fingerprint density at radius 1 is 1.33 bits per heavy atom. The van der Waals surface area contributed by atoms with Gasteiger partial charge in [-0.25, -0.2) is 14.8 Å². The van der Waals surface area contributed by atoms with Crippen molar-refractivity contribution < 1.29 is 23.9 Å². The van der Waals surface area contributed by atoms with Gasteiger partial charge in [0.25, 0.3) is 0 Å². The maximum absolute atomic E-state index is 13.3. The molecule has 0 unspecified atom stereocenters. The highest BCUT2D eigenvalue weighted by atomic mass is 16.5.